The zero-order chi connectivity index (χ0) is 21.1. The number of hydrogen-bond donors (Lipinski definition) is 1. The molecule has 0 aliphatic carbocycles. The molecular formula is C22H30N2O3S. The van der Waals surface area contributed by atoms with Gasteiger partial charge in [-0.2, -0.15) is 0 Å². The zero-order valence-electron chi connectivity index (χ0n) is 17.5. The molecule has 0 spiro atoms. The van der Waals surface area contributed by atoms with Crippen LogP contribution in [0.3, 0.4) is 0 Å². The summed E-state index contributed by atoms with van der Waals surface area (Å²) in [5, 5.41) is 3.00. The molecule has 1 atom stereocenters. The number of amides is 1. The summed E-state index contributed by atoms with van der Waals surface area (Å²) in [6.45, 7) is 9.60. The van der Waals surface area contributed by atoms with Crippen LogP contribution in [0, 0.1) is 27.7 Å². The molecule has 0 saturated heterocycles. The van der Waals surface area contributed by atoms with Gasteiger partial charge in [-0.05, 0) is 62.4 Å². The standard InChI is InChI=1S/C22H30N2O3S/c1-7-20(19-12-11-15(2)13-17(19)4)23-22(25)14-24(28(6,26)27)21-10-8-9-16(3)18(21)5/h8-13,20H,7,14H2,1-6H3,(H,23,25)/t20-/m1/s1. The van der Waals surface area contributed by atoms with Crippen LogP contribution >= 0.6 is 0 Å². The van der Waals surface area contributed by atoms with Gasteiger partial charge in [-0.15, -0.1) is 0 Å². The van der Waals surface area contributed by atoms with E-state index in [0.29, 0.717) is 5.69 Å². The number of nitrogens with one attached hydrogen (secondary N) is 1. The van der Waals surface area contributed by atoms with Crippen LogP contribution in [0.5, 0.6) is 0 Å². The first-order valence-electron chi connectivity index (χ1n) is 9.45. The van der Waals surface area contributed by atoms with Gasteiger partial charge in [-0.3, -0.25) is 9.10 Å². The van der Waals surface area contributed by atoms with E-state index in [2.05, 4.69) is 11.4 Å². The van der Waals surface area contributed by atoms with Gasteiger partial charge in [0.15, 0.2) is 0 Å². The number of nitrogens with zero attached hydrogens (tertiary/aromatic N) is 1. The largest absolute Gasteiger partial charge is 0.348 e. The second-order valence-electron chi connectivity index (χ2n) is 7.38. The van der Waals surface area contributed by atoms with E-state index in [4.69, 9.17) is 0 Å². The Balaban J connectivity index is 2.27. The van der Waals surface area contributed by atoms with Crippen molar-refractivity contribution in [2.75, 3.05) is 17.1 Å². The molecule has 5 nitrogen and oxygen atoms in total. The maximum atomic E-state index is 12.8. The normalized spacial score (nSPS) is 12.5. The molecule has 0 fully saturated rings. The van der Waals surface area contributed by atoms with E-state index in [0.717, 1.165) is 34.9 Å². The molecule has 152 valence electrons. The Kier molecular flexibility index (Phi) is 6.88. The third kappa shape index (κ3) is 5.13. The lowest BCUT2D eigenvalue weighted by molar-refractivity contribution is -0.120. The first kappa shape index (κ1) is 22.0. The SMILES string of the molecule is CC[C@@H](NC(=O)CN(c1cccc(C)c1C)S(C)(=O)=O)c1ccc(C)cc1C. The topological polar surface area (TPSA) is 66.5 Å². The number of anilines is 1. The van der Waals surface area contributed by atoms with Gasteiger partial charge >= 0.3 is 0 Å². The van der Waals surface area contributed by atoms with E-state index in [-0.39, 0.29) is 18.5 Å². The third-order valence-corrected chi connectivity index (χ3v) is 6.20. The summed E-state index contributed by atoms with van der Waals surface area (Å²) in [4.78, 5) is 12.8. The van der Waals surface area contributed by atoms with E-state index < -0.39 is 10.0 Å². The maximum absolute atomic E-state index is 12.8. The van der Waals surface area contributed by atoms with Crippen LogP contribution < -0.4 is 9.62 Å². The summed E-state index contributed by atoms with van der Waals surface area (Å²) in [6, 6.07) is 11.4. The minimum Gasteiger partial charge on any atom is -0.348 e. The van der Waals surface area contributed by atoms with Crippen molar-refractivity contribution in [2.24, 2.45) is 0 Å². The van der Waals surface area contributed by atoms with Gasteiger partial charge in [0, 0.05) is 0 Å². The van der Waals surface area contributed by atoms with E-state index in [1.54, 1.807) is 12.1 Å². The number of aryl methyl sites for hydroxylation is 3. The molecule has 0 heterocycles. The maximum Gasteiger partial charge on any atom is 0.241 e. The highest BCUT2D eigenvalue weighted by Crippen LogP contribution is 2.25. The quantitative estimate of drug-likeness (QED) is 0.762. The molecule has 0 aromatic heterocycles. The highest BCUT2D eigenvalue weighted by Gasteiger charge is 2.24. The summed E-state index contributed by atoms with van der Waals surface area (Å²) in [7, 11) is -3.60. The molecule has 0 aliphatic heterocycles. The highest BCUT2D eigenvalue weighted by molar-refractivity contribution is 7.92. The third-order valence-electron chi connectivity index (χ3n) is 5.08. The smallest absolute Gasteiger partial charge is 0.241 e. The van der Waals surface area contributed by atoms with E-state index >= 15 is 0 Å². The van der Waals surface area contributed by atoms with Crippen LogP contribution in [0.25, 0.3) is 0 Å². The second kappa shape index (κ2) is 8.78. The van der Waals surface area contributed by atoms with Crippen molar-refractivity contribution in [2.45, 2.75) is 47.1 Å². The average molecular weight is 403 g/mol. The molecule has 2 aromatic rings. The van der Waals surface area contributed by atoms with Crippen LogP contribution in [0.2, 0.25) is 0 Å². The van der Waals surface area contributed by atoms with Gasteiger partial charge in [0.2, 0.25) is 15.9 Å². The molecule has 0 unspecified atom stereocenters. The lowest BCUT2D eigenvalue weighted by Crippen LogP contribution is -2.42. The number of benzene rings is 2. The Morgan fingerprint density at radius 2 is 1.75 bits per heavy atom. The minimum absolute atomic E-state index is 0.159. The summed E-state index contributed by atoms with van der Waals surface area (Å²) < 4.78 is 26.0. The summed E-state index contributed by atoms with van der Waals surface area (Å²) >= 11 is 0. The van der Waals surface area contributed by atoms with Crippen molar-refractivity contribution in [3.63, 3.8) is 0 Å². The molecule has 2 rings (SSSR count). The highest BCUT2D eigenvalue weighted by atomic mass is 32.2. The molecule has 28 heavy (non-hydrogen) atoms. The molecule has 0 aliphatic rings. The van der Waals surface area contributed by atoms with Gasteiger partial charge in [-0.1, -0.05) is 42.8 Å². The van der Waals surface area contributed by atoms with Crippen LogP contribution in [0.15, 0.2) is 36.4 Å². The average Bonchev–Trinajstić information content (AvgIpc) is 2.60. The van der Waals surface area contributed by atoms with Crippen LogP contribution in [0.1, 0.15) is 47.2 Å². The van der Waals surface area contributed by atoms with Crippen LogP contribution in [-0.4, -0.2) is 27.1 Å². The molecule has 0 radical (unpaired) electrons. The molecular weight excluding hydrogens is 372 g/mol. The Morgan fingerprint density at radius 1 is 1.07 bits per heavy atom. The minimum atomic E-state index is -3.60. The number of rotatable bonds is 7. The summed E-state index contributed by atoms with van der Waals surface area (Å²) in [6.07, 6.45) is 1.85. The van der Waals surface area contributed by atoms with Crippen molar-refractivity contribution >= 4 is 21.6 Å². The van der Waals surface area contributed by atoms with Gasteiger partial charge in [0.1, 0.15) is 6.54 Å². The number of hydrogen-bond acceptors (Lipinski definition) is 3. The Morgan fingerprint density at radius 3 is 2.32 bits per heavy atom. The van der Waals surface area contributed by atoms with Gasteiger partial charge < -0.3 is 5.32 Å². The van der Waals surface area contributed by atoms with Crippen molar-refractivity contribution < 1.29 is 13.2 Å². The van der Waals surface area contributed by atoms with E-state index in [9.17, 15) is 13.2 Å². The Labute approximate surface area is 168 Å². The first-order chi connectivity index (χ1) is 13.0. The number of sulfonamides is 1. The molecule has 0 saturated carbocycles. The monoisotopic (exact) mass is 402 g/mol. The van der Waals surface area contributed by atoms with Crippen LogP contribution in [0.4, 0.5) is 5.69 Å². The first-order valence-corrected chi connectivity index (χ1v) is 11.3. The molecule has 2 aromatic carbocycles. The van der Waals surface area contributed by atoms with Crippen molar-refractivity contribution in [1.29, 1.82) is 0 Å². The fourth-order valence-electron chi connectivity index (χ4n) is 3.37. The lowest BCUT2D eigenvalue weighted by Gasteiger charge is -2.26. The predicted molar refractivity (Wildman–Crippen MR) is 115 cm³/mol. The molecule has 1 N–H and O–H groups in total. The summed E-state index contributed by atoms with van der Waals surface area (Å²) in [5.41, 5.74) is 5.70. The zero-order valence-corrected chi connectivity index (χ0v) is 18.4. The molecule has 1 amide bonds. The summed E-state index contributed by atoms with van der Waals surface area (Å²) in [5.74, 6) is -0.321. The fraction of sp³-hybridized carbons (Fsp3) is 0.409. The van der Waals surface area contributed by atoms with Gasteiger partial charge in [-0.25, -0.2) is 8.42 Å². The Bertz CT molecular complexity index is 968. The predicted octanol–water partition coefficient (Wildman–Crippen LogP) is 3.95. The van der Waals surface area contributed by atoms with Crippen LogP contribution in [-0.2, 0) is 14.8 Å². The fourth-order valence-corrected chi connectivity index (χ4v) is 4.28. The van der Waals surface area contributed by atoms with Gasteiger partial charge in [0.05, 0.1) is 18.0 Å². The second-order valence-corrected chi connectivity index (χ2v) is 9.28. The van der Waals surface area contributed by atoms with Crippen molar-refractivity contribution in [1.82, 2.24) is 5.32 Å². The Hall–Kier alpha value is -2.34. The molecule has 0 bridgehead atoms. The van der Waals surface area contributed by atoms with E-state index in [1.807, 2.05) is 52.8 Å². The molecule has 6 heteroatoms. The van der Waals surface area contributed by atoms with Crippen molar-refractivity contribution in [3.8, 4) is 0 Å². The lowest BCUT2D eigenvalue weighted by atomic mass is 9.97. The number of carbonyl (C=O) groups is 1. The van der Waals surface area contributed by atoms with Gasteiger partial charge in [0.25, 0.3) is 0 Å². The van der Waals surface area contributed by atoms with Crippen molar-refractivity contribution in [3.05, 3.63) is 64.2 Å². The number of carbonyl (C=O) groups excluding carboxylic acids is 1. The van der Waals surface area contributed by atoms with E-state index in [1.165, 1.54) is 9.87 Å².